The molecular formula is C20H20FN3O3. The lowest BCUT2D eigenvalue weighted by Gasteiger charge is -2.13. The molecule has 1 heterocycles. The Morgan fingerprint density at radius 1 is 1.11 bits per heavy atom. The van der Waals surface area contributed by atoms with Crippen LogP contribution >= 0.6 is 0 Å². The number of benzene rings is 2. The van der Waals surface area contributed by atoms with Crippen LogP contribution in [0.2, 0.25) is 0 Å². The second-order valence-electron chi connectivity index (χ2n) is 5.93. The molecule has 0 atom stereocenters. The number of nitrogens with zero attached hydrogens (tertiary/aromatic N) is 3. The quantitative estimate of drug-likeness (QED) is 0.625. The van der Waals surface area contributed by atoms with Crippen LogP contribution in [0.25, 0.3) is 11.3 Å². The van der Waals surface area contributed by atoms with Crippen molar-refractivity contribution < 1.29 is 18.8 Å². The molecular weight excluding hydrogens is 349 g/mol. The van der Waals surface area contributed by atoms with Crippen molar-refractivity contribution in [1.29, 1.82) is 0 Å². The Bertz CT molecular complexity index is 921. The number of carbonyl (C=O) groups excluding carboxylic acids is 1. The van der Waals surface area contributed by atoms with E-state index < -0.39 is 0 Å². The van der Waals surface area contributed by atoms with Crippen molar-refractivity contribution >= 4 is 5.91 Å². The lowest BCUT2D eigenvalue weighted by atomic mass is 10.1. The SMILES string of the molecule is COc1ccc(Cn2cc(C(=O)N(C)OC)c(-c3ccc(F)cc3)n2)cc1. The molecule has 0 bridgehead atoms. The van der Waals surface area contributed by atoms with Gasteiger partial charge in [0.1, 0.15) is 17.3 Å². The summed E-state index contributed by atoms with van der Waals surface area (Å²) in [7, 11) is 4.55. The summed E-state index contributed by atoms with van der Waals surface area (Å²) in [5.41, 5.74) is 2.50. The van der Waals surface area contributed by atoms with Crippen molar-refractivity contribution in [3.05, 3.63) is 71.7 Å². The standard InChI is InChI=1S/C20H20FN3O3/c1-23(27-3)20(25)18-13-24(12-14-4-10-17(26-2)11-5-14)22-19(18)15-6-8-16(21)9-7-15/h4-11,13H,12H2,1-3H3. The number of methoxy groups -OCH3 is 1. The summed E-state index contributed by atoms with van der Waals surface area (Å²) in [4.78, 5) is 17.6. The summed E-state index contributed by atoms with van der Waals surface area (Å²) in [5.74, 6) is 0.0833. The second-order valence-corrected chi connectivity index (χ2v) is 5.93. The largest absolute Gasteiger partial charge is 0.497 e. The zero-order valence-electron chi connectivity index (χ0n) is 15.3. The smallest absolute Gasteiger partial charge is 0.280 e. The van der Waals surface area contributed by atoms with Gasteiger partial charge in [-0.15, -0.1) is 0 Å². The highest BCUT2D eigenvalue weighted by atomic mass is 19.1. The van der Waals surface area contributed by atoms with Gasteiger partial charge in [-0.05, 0) is 42.0 Å². The lowest BCUT2D eigenvalue weighted by Crippen LogP contribution is -2.25. The van der Waals surface area contributed by atoms with Gasteiger partial charge in [0.2, 0.25) is 0 Å². The average molecular weight is 369 g/mol. The van der Waals surface area contributed by atoms with Crippen LogP contribution < -0.4 is 4.74 Å². The number of hydrogen-bond donors (Lipinski definition) is 0. The first-order valence-electron chi connectivity index (χ1n) is 8.30. The molecule has 7 heteroatoms. The Kier molecular flexibility index (Phi) is 5.52. The molecule has 0 aliphatic carbocycles. The van der Waals surface area contributed by atoms with E-state index in [1.54, 1.807) is 30.1 Å². The van der Waals surface area contributed by atoms with Crippen LogP contribution in [0.5, 0.6) is 5.75 Å². The number of halogens is 1. The van der Waals surface area contributed by atoms with Crippen LogP contribution in [0.1, 0.15) is 15.9 Å². The minimum atomic E-state index is -0.349. The van der Waals surface area contributed by atoms with E-state index in [-0.39, 0.29) is 11.7 Å². The van der Waals surface area contributed by atoms with Gasteiger partial charge in [-0.2, -0.15) is 5.10 Å². The van der Waals surface area contributed by atoms with Gasteiger partial charge in [-0.25, -0.2) is 9.45 Å². The summed E-state index contributed by atoms with van der Waals surface area (Å²) in [6.45, 7) is 0.474. The monoisotopic (exact) mass is 369 g/mol. The van der Waals surface area contributed by atoms with Crippen LogP contribution in [-0.4, -0.2) is 42.0 Å². The van der Waals surface area contributed by atoms with E-state index in [2.05, 4.69) is 5.10 Å². The highest BCUT2D eigenvalue weighted by Gasteiger charge is 2.21. The number of hydrogen-bond acceptors (Lipinski definition) is 4. The fraction of sp³-hybridized carbons (Fsp3) is 0.200. The van der Waals surface area contributed by atoms with E-state index in [0.29, 0.717) is 23.4 Å². The highest BCUT2D eigenvalue weighted by molar-refractivity contribution is 5.99. The number of amides is 1. The van der Waals surface area contributed by atoms with Gasteiger partial charge in [-0.1, -0.05) is 12.1 Å². The van der Waals surface area contributed by atoms with E-state index in [9.17, 15) is 9.18 Å². The number of hydroxylamine groups is 2. The summed E-state index contributed by atoms with van der Waals surface area (Å²) >= 11 is 0. The number of rotatable bonds is 6. The van der Waals surface area contributed by atoms with E-state index in [1.165, 1.54) is 26.3 Å². The summed E-state index contributed by atoms with van der Waals surface area (Å²) in [6, 6.07) is 13.5. The van der Waals surface area contributed by atoms with Crippen molar-refractivity contribution in [1.82, 2.24) is 14.8 Å². The van der Waals surface area contributed by atoms with Crippen molar-refractivity contribution in [3.63, 3.8) is 0 Å². The Labute approximate surface area is 156 Å². The fourth-order valence-electron chi connectivity index (χ4n) is 2.65. The first kappa shape index (κ1) is 18.6. The molecule has 0 fully saturated rings. The highest BCUT2D eigenvalue weighted by Crippen LogP contribution is 2.24. The van der Waals surface area contributed by atoms with E-state index >= 15 is 0 Å². The molecule has 27 heavy (non-hydrogen) atoms. The van der Waals surface area contributed by atoms with Gasteiger partial charge in [-0.3, -0.25) is 14.3 Å². The summed E-state index contributed by atoms with van der Waals surface area (Å²) < 4.78 is 20.1. The zero-order chi connectivity index (χ0) is 19.4. The molecule has 0 aliphatic rings. The molecule has 1 aromatic heterocycles. The molecule has 0 aliphatic heterocycles. The molecule has 0 unspecified atom stereocenters. The molecule has 6 nitrogen and oxygen atoms in total. The fourth-order valence-corrected chi connectivity index (χ4v) is 2.65. The van der Waals surface area contributed by atoms with Crippen molar-refractivity contribution in [2.24, 2.45) is 0 Å². The molecule has 1 amide bonds. The second kappa shape index (κ2) is 8.01. The third-order valence-corrected chi connectivity index (χ3v) is 4.17. The first-order valence-corrected chi connectivity index (χ1v) is 8.30. The minimum absolute atomic E-state index is 0.335. The predicted octanol–water partition coefficient (Wildman–Crippen LogP) is 3.38. The maximum absolute atomic E-state index is 13.3. The molecule has 3 aromatic rings. The van der Waals surface area contributed by atoms with Gasteiger partial charge < -0.3 is 4.74 Å². The van der Waals surface area contributed by atoms with Crippen LogP contribution in [0.15, 0.2) is 54.7 Å². The third-order valence-electron chi connectivity index (χ3n) is 4.17. The third kappa shape index (κ3) is 4.15. The van der Waals surface area contributed by atoms with E-state index in [0.717, 1.165) is 16.4 Å². The maximum Gasteiger partial charge on any atom is 0.280 e. The lowest BCUT2D eigenvalue weighted by molar-refractivity contribution is -0.0756. The predicted molar refractivity (Wildman–Crippen MR) is 98.8 cm³/mol. The maximum atomic E-state index is 13.3. The molecule has 0 radical (unpaired) electrons. The Morgan fingerprint density at radius 3 is 2.37 bits per heavy atom. The Morgan fingerprint density at radius 2 is 1.78 bits per heavy atom. The van der Waals surface area contributed by atoms with Crippen molar-refractivity contribution in [2.75, 3.05) is 21.3 Å². The van der Waals surface area contributed by atoms with Gasteiger partial charge in [0, 0.05) is 18.8 Å². The van der Waals surface area contributed by atoms with Crippen molar-refractivity contribution in [2.45, 2.75) is 6.54 Å². The Hall–Kier alpha value is -3.19. The zero-order valence-corrected chi connectivity index (χ0v) is 15.3. The van der Waals surface area contributed by atoms with Gasteiger partial charge in [0.05, 0.1) is 26.3 Å². The van der Waals surface area contributed by atoms with E-state index in [1.807, 2.05) is 24.3 Å². The molecule has 2 aromatic carbocycles. The van der Waals surface area contributed by atoms with Gasteiger partial charge in [0.15, 0.2) is 0 Å². The first-order chi connectivity index (χ1) is 13.0. The Balaban J connectivity index is 1.97. The normalized spacial score (nSPS) is 10.7. The molecule has 3 rings (SSSR count). The molecule has 0 saturated heterocycles. The van der Waals surface area contributed by atoms with Crippen LogP contribution in [0.3, 0.4) is 0 Å². The van der Waals surface area contributed by atoms with Crippen LogP contribution in [0.4, 0.5) is 4.39 Å². The number of carbonyl (C=O) groups is 1. The molecule has 0 saturated carbocycles. The number of ether oxygens (including phenoxy) is 1. The van der Waals surface area contributed by atoms with E-state index in [4.69, 9.17) is 9.57 Å². The van der Waals surface area contributed by atoms with Crippen molar-refractivity contribution in [3.8, 4) is 17.0 Å². The molecule has 0 N–H and O–H groups in total. The van der Waals surface area contributed by atoms with Gasteiger partial charge in [0.25, 0.3) is 5.91 Å². The molecule has 0 spiro atoms. The number of aromatic nitrogens is 2. The van der Waals surface area contributed by atoms with Gasteiger partial charge >= 0.3 is 0 Å². The average Bonchev–Trinajstić information content (AvgIpc) is 3.11. The topological polar surface area (TPSA) is 56.6 Å². The minimum Gasteiger partial charge on any atom is -0.497 e. The van der Waals surface area contributed by atoms with Crippen LogP contribution in [-0.2, 0) is 11.4 Å². The van der Waals surface area contributed by atoms with Crippen LogP contribution in [0, 0.1) is 5.82 Å². The summed E-state index contributed by atoms with van der Waals surface area (Å²) in [5, 5.41) is 5.67. The molecule has 140 valence electrons. The summed E-state index contributed by atoms with van der Waals surface area (Å²) in [6.07, 6.45) is 1.67.